The van der Waals surface area contributed by atoms with Crippen molar-refractivity contribution in [1.29, 1.82) is 0 Å². The van der Waals surface area contributed by atoms with E-state index in [1.807, 2.05) is 75.0 Å². The van der Waals surface area contributed by atoms with Gasteiger partial charge in [0, 0.05) is 81.6 Å². The topological polar surface area (TPSA) is 114 Å². The highest BCUT2D eigenvalue weighted by Gasteiger charge is 2.25. The SMILES string of the molecule is C=C(C)/C=C(/S)c1ccc(C(=O)NC2CCC2)n1C.CC.CC(=O)CCC(C(C)=O)n1c(=O)n(C)c2cc(-c3ccc(N4CCN(Cc5ccc(-c6cccc(C)c6)nc5)CC4)cc3)ccc21. The molecule has 1 amide bonds. The van der Waals surface area contributed by atoms with Gasteiger partial charge >= 0.3 is 5.69 Å². The number of aromatic nitrogens is 4. The molecule has 6 aromatic rings. The van der Waals surface area contributed by atoms with Crippen LogP contribution >= 0.6 is 12.6 Å². The molecule has 0 radical (unpaired) electrons. The van der Waals surface area contributed by atoms with Crippen LogP contribution < -0.4 is 15.9 Å². The monoisotopic (exact) mass is 921 g/mol. The van der Waals surface area contributed by atoms with Crippen molar-refractivity contribution in [1.82, 2.24) is 28.9 Å². The maximum absolute atomic E-state index is 13.2. The Morgan fingerprint density at radius 2 is 1.51 bits per heavy atom. The molecule has 1 aliphatic carbocycles. The van der Waals surface area contributed by atoms with Crippen molar-refractivity contribution in [2.75, 3.05) is 31.1 Å². The number of pyridine rings is 1. The van der Waals surface area contributed by atoms with Crippen LogP contribution in [0.4, 0.5) is 5.69 Å². The third-order valence-electron chi connectivity index (χ3n) is 12.6. The van der Waals surface area contributed by atoms with Crippen LogP contribution in [0, 0.1) is 6.92 Å². The Hall–Kier alpha value is -6.24. The number of rotatable bonds is 14. The second kappa shape index (κ2) is 23.0. The molecule has 2 aliphatic rings. The first kappa shape index (κ1) is 50.2. The number of nitrogens with zero attached hydrogens (tertiary/aromatic N) is 6. The number of hydrogen-bond donors (Lipinski definition) is 2. The number of ketones is 2. The summed E-state index contributed by atoms with van der Waals surface area (Å²) in [5.74, 6) is -0.124. The summed E-state index contributed by atoms with van der Waals surface area (Å²) in [5, 5.41) is 3.04. The molecule has 4 heterocycles. The lowest BCUT2D eigenvalue weighted by Crippen LogP contribution is -2.45. The van der Waals surface area contributed by atoms with Crippen molar-refractivity contribution >= 4 is 51.7 Å². The Bertz CT molecular complexity index is 2790. The van der Waals surface area contributed by atoms with E-state index in [4.69, 9.17) is 4.98 Å². The fourth-order valence-corrected chi connectivity index (χ4v) is 9.04. The van der Waals surface area contributed by atoms with Gasteiger partial charge in [-0.15, -0.1) is 12.6 Å². The molecule has 11 nitrogen and oxygen atoms in total. The standard InChI is InChI=1S/C38H41N5O3.C15H20N2OS.C2H6/c1-26-6-5-7-32(22-26)34-15-9-29(24-39-34)25-41-18-20-42(21-19-41)33-13-10-30(11-14-33)31-12-17-36-37(23-31)40(4)38(46)43(36)35(28(3)45)16-8-27(2)44;1-10(2)9-14(19)12-7-8-13(17(12)3)15(18)16-11-5-4-6-11;1-2/h5-7,9-15,17,22-24,35H,8,16,18-21,25H2,1-4H3;7-9,11,19H,1,4-6H2,2-3H3,(H,16,18);1-2H3/b;14-9+;. The van der Waals surface area contributed by atoms with Gasteiger partial charge in [0.2, 0.25) is 0 Å². The van der Waals surface area contributed by atoms with E-state index in [9.17, 15) is 19.2 Å². The molecule has 1 saturated carbocycles. The highest BCUT2D eigenvalue weighted by Crippen LogP contribution is 2.30. The predicted molar refractivity (Wildman–Crippen MR) is 278 cm³/mol. The highest BCUT2D eigenvalue weighted by molar-refractivity contribution is 7.90. The number of carbonyl (C=O) groups is 3. The number of carbonyl (C=O) groups excluding carboxylic acids is 3. The van der Waals surface area contributed by atoms with E-state index in [2.05, 4.69) is 102 Å². The Labute approximate surface area is 401 Å². The number of amides is 1. The van der Waals surface area contributed by atoms with Crippen molar-refractivity contribution in [3.05, 3.63) is 148 Å². The van der Waals surface area contributed by atoms with Crippen molar-refractivity contribution in [3.63, 3.8) is 0 Å². The zero-order valence-electron chi connectivity index (χ0n) is 40.5. The Morgan fingerprint density at radius 1 is 0.821 bits per heavy atom. The molecule has 352 valence electrons. The summed E-state index contributed by atoms with van der Waals surface area (Å²) in [4.78, 5) is 59.9. The lowest BCUT2D eigenvalue weighted by molar-refractivity contribution is -0.121. The number of allylic oxidation sites excluding steroid dienone is 2. The van der Waals surface area contributed by atoms with E-state index >= 15 is 0 Å². The van der Waals surface area contributed by atoms with Crippen LogP contribution in [-0.2, 0) is 30.2 Å². The zero-order valence-corrected chi connectivity index (χ0v) is 41.4. The van der Waals surface area contributed by atoms with E-state index in [0.29, 0.717) is 23.7 Å². The predicted octanol–water partition coefficient (Wildman–Crippen LogP) is 10.4. The summed E-state index contributed by atoms with van der Waals surface area (Å²) in [5.41, 5.74) is 11.6. The summed E-state index contributed by atoms with van der Waals surface area (Å²) in [6.45, 7) is 19.6. The van der Waals surface area contributed by atoms with Gasteiger partial charge in [-0.2, -0.15) is 0 Å². The summed E-state index contributed by atoms with van der Waals surface area (Å²) < 4.78 is 5.00. The molecule has 1 aliphatic heterocycles. The smallest absolute Gasteiger partial charge is 0.329 e. The van der Waals surface area contributed by atoms with E-state index in [1.165, 1.54) is 37.1 Å². The highest BCUT2D eigenvalue weighted by atomic mass is 32.1. The number of nitrogens with one attached hydrogen (secondary N) is 1. The van der Waals surface area contributed by atoms with Crippen LogP contribution in [0.25, 0.3) is 38.3 Å². The number of fused-ring (bicyclic) bond motifs is 1. The number of imidazole rings is 1. The molecule has 1 saturated heterocycles. The molecule has 12 heteroatoms. The first-order chi connectivity index (χ1) is 32.2. The Morgan fingerprint density at radius 3 is 2.10 bits per heavy atom. The third kappa shape index (κ3) is 12.4. The molecule has 3 aromatic carbocycles. The van der Waals surface area contributed by atoms with Crippen molar-refractivity contribution < 1.29 is 14.4 Å². The average molecular weight is 922 g/mol. The lowest BCUT2D eigenvalue weighted by atomic mass is 9.93. The lowest BCUT2D eigenvalue weighted by Gasteiger charge is -2.36. The van der Waals surface area contributed by atoms with Crippen LogP contribution in [0.3, 0.4) is 0 Å². The fourth-order valence-electron chi connectivity index (χ4n) is 8.59. The second-order valence-electron chi connectivity index (χ2n) is 17.7. The van der Waals surface area contributed by atoms with Crippen molar-refractivity contribution in [2.45, 2.75) is 92.3 Å². The fraction of sp³-hybridized carbons (Fsp3) is 0.364. The summed E-state index contributed by atoms with van der Waals surface area (Å²) in [7, 11) is 3.61. The van der Waals surface area contributed by atoms with Gasteiger partial charge in [0.05, 0.1) is 28.5 Å². The maximum atomic E-state index is 13.2. The van der Waals surface area contributed by atoms with Gasteiger partial charge in [-0.05, 0) is 125 Å². The average Bonchev–Trinajstić information content (AvgIpc) is 3.81. The number of Topliss-reactive ketones (excluding diaryl/α,β-unsaturated/α-hetero) is 2. The molecule has 2 fully saturated rings. The first-order valence-corrected chi connectivity index (χ1v) is 23.9. The molecule has 0 bridgehead atoms. The number of aryl methyl sites for hydroxylation is 2. The summed E-state index contributed by atoms with van der Waals surface area (Å²) in [6, 6.07) is 30.7. The number of hydrogen-bond acceptors (Lipinski definition) is 8. The van der Waals surface area contributed by atoms with Crippen LogP contribution in [0.2, 0.25) is 0 Å². The van der Waals surface area contributed by atoms with Crippen LogP contribution in [0.1, 0.15) is 100 Å². The molecule has 1 N–H and O–H groups in total. The molecule has 0 spiro atoms. The van der Waals surface area contributed by atoms with Gasteiger partial charge in [0.25, 0.3) is 5.91 Å². The number of thiol groups is 1. The summed E-state index contributed by atoms with van der Waals surface area (Å²) in [6.07, 6.45) is 7.88. The van der Waals surface area contributed by atoms with Crippen LogP contribution in [0.5, 0.6) is 0 Å². The zero-order chi connectivity index (χ0) is 48.4. The number of anilines is 1. The van der Waals surface area contributed by atoms with Gasteiger partial charge in [-0.1, -0.05) is 74.0 Å². The molecule has 1 atom stereocenters. The maximum Gasteiger partial charge on any atom is 0.329 e. The number of piperazine rings is 1. The minimum absolute atomic E-state index is 0.00439. The minimum Gasteiger partial charge on any atom is -0.369 e. The first-order valence-electron chi connectivity index (χ1n) is 23.5. The molecular weight excluding hydrogens is 855 g/mol. The van der Waals surface area contributed by atoms with Gasteiger partial charge in [-0.25, -0.2) is 4.79 Å². The van der Waals surface area contributed by atoms with Gasteiger partial charge < -0.3 is 19.6 Å². The van der Waals surface area contributed by atoms with E-state index < -0.39 is 6.04 Å². The van der Waals surface area contributed by atoms with Gasteiger partial charge in [-0.3, -0.25) is 28.6 Å². The van der Waals surface area contributed by atoms with Gasteiger partial charge in [0.1, 0.15) is 11.5 Å². The molecule has 8 rings (SSSR count). The van der Waals surface area contributed by atoms with E-state index in [0.717, 1.165) is 89.6 Å². The molecule has 1 unspecified atom stereocenters. The Balaban J connectivity index is 0.000000294. The van der Waals surface area contributed by atoms with Crippen LogP contribution in [0.15, 0.2) is 120 Å². The Kier molecular flexibility index (Phi) is 17.2. The van der Waals surface area contributed by atoms with E-state index in [1.54, 1.807) is 16.2 Å². The largest absolute Gasteiger partial charge is 0.369 e. The normalized spacial score (nSPS) is 14.6. The number of benzene rings is 3. The quantitative estimate of drug-likeness (QED) is 0.0826. The minimum atomic E-state index is -0.660. The molecular formula is C55H67N7O4S. The molecule has 3 aromatic heterocycles. The van der Waals surface area contributed by atoms with E-state index in [-0.39, 0.29) is 29.6 Å². The molecule has 67 heavy (non-hydrogen) atoms. The van der Waals surface area contributed by atoms with Crippen LogP contribution in [-0.4, -0.2) is 73.3 Å². The van der Waals surface area contributed by atoms with Crippen molar-refractivity contribution in [2.24, 2.45) is 14.1 Å². The third-order valence-corrected chi connectivity index (χ3v) is 12.9. The summed E-state index contributed by atoms with van der Waals surface area (Å²) >= 11 is 4.46. The second-order valence-corrected chi connectivity index (χ2v) is 18.1. The van der Waals surface area contributed by atoms with Gasteiger partial charge in [0.15, 0.2) is 5.78 Å². The van der Waals surface area contributed by atoms with Crippen molar-refractivity contribution in [3.8, 4) is 22.4 Å².